The van der Waals surface area contributed by atoms with Crippen molar-refractivity contribution in [2.24, 2.45) is 0 Å². The van der Waals surface area contributed by atoms with Crippen molar-refractivity contribution < 1.29 is 9.47 Å². The van der Waals surface area contributed by atoms with Crippen LogP contribution in [0.15, 0.2) is 30.3 Å². The number of hydrogen-bond acceptors (Lipinski definition) is 4. The number of aromatic nitrogens is 1. The molecule has 0 fully saturated rings. The molecule has 2 heterocycles. The van der Waals surface area contributed by atoms with Crippen LogP contribution in [0.4, 0.5) is 0 Å². The first-order valence-electron chi connectivity index (χ1n) is 7.18. The second kappa shape index (κ2) is 5.74. The monoisotopic (exact) mass is 284 g/mol. The van der Waals surface area contributed by atoms with Crippen LogP contribution in [0.2, 0.25) is 0 Å². The van der Waals surface area contributed by atoms with Gasteiger partial charge in [0.15, 0.2) is 0 Å². The first-order chi connectivity index (χ1) is 10.2. The first-order valence-corrected chi connectivity index (χ1v) is 7.18. The molecule has 1 aliphatic rings. The van der Waals surface area contributed by atoms with Gasteiger partial charge in [-0.15, -0.1) is 0 Å². The van der Waals surface area contributed by atoms with E-state index in [0.717, 1.165) is 24.1 Å². The van der Waals surface area contributed by atoms with Crippen LogP contribution in [0.5, 0.6) is 11.8 Å². The average Bonchev–Trinajstić information content (AvgIpc) is 2.54. The average molecular weight is 284 g/mol. The van der Waals surface area contributed by atoms with Crippen LogP contribution in [0, 0.1) is 0 Å². The van der Waals surface area contributed by atoms with Crippen molar-refractivity contribution in [2.75, 3.05) is 20.8 Å². The van der Waals surface area contributed by atoms with Gasteiger partial charge in [-0.2, -0.15) is 4.98 Å². The summed E-state index contributed by atoms with van der Waals surface area (Å²) in [5.74, 6) is 1.15. The summed E-state index contributed by atoms with van der Waals surface area (Å²) in [6.45, 7) is 3.24. The molecule has 1 N–H and O–H groups in total. The Labute approximate surface area is 125 Å². The molecule has 2 aromatic rings. The highest BCUT2D eigenvalue weighted by Gasteiger charge is 2.17. The molecule has 3 rings (SSSR count). The van der Waals surface area contributed by atoms with Crippen LogP contribution < -0.4 is 14.8 Å². The van der Waals surface area contributed by atoms with Gasteiger partial charge in [0.2, 0.25) is 11.8 Å². The van der Waals surface area contributed by atoms with Crippen LogP contribution in [-0.4, -0.2) is 25.7 Å². The lowest BCUT2D eigenvalue weighted by molar-refractivity contribution is 0.366. The molecule has 1 atom stereocenters. The number of methoxy groups -OCH3 is 2. The molecule has 110 valence electrons. The summed E-state index contributed by atoms with van der Waals surface area (Å²) >= 11 is 0. The van der Waals surface area contributed by atoms with E-state index < -0.39 is 0 Å². The molecule has 0 saturated heterocycles. The lowest BCUT2D eigenvalue weighted by Crippen LogP contribution is -2.27. The van der Waals surface area contributed by atoms with Crippen LogP contribution in [0.25, 0.3) is 11.1 Å². The fourth-order valence-corrected chi connectivity index (χ4v) is 2.84. The Kier molecular flexibility index (Phi) is 3.80. The number of benzene rings is 1. The number of rotatable bonds is 3. The molecule has 21 heavy (non-hydrogen) atoms. The maximum absolute atomic E-state index is 5.41. The highest BCUT2D eigenvalue weighted by atomic mass is 16.5. The predicted molar refractivity (Wildman–Crippen MR) is 82.9 cm³/mol. The Morgan fingerprint density at radius 3 is 2.76 bits per heavy atom. The maximum Gasteiger partial charge on any atom is 0.224 e. The topological polar surface area (TPSA) is 43.4 Å². The van der Waals surface area contributed by atoms with Gasteiger partial charge in [-0.05, 0) is 48.7 Å². The normalized spacial score (nSPS) is 17.2. The second-order valence-electron chi connectivity index (χ2n) is 5.25. The van der Waals surface area contributed by atoms with Gasteiger partial charge in [-0.1, -0.05) is 12.1 Å². The van der Waals surface area contributed by atoms with E-state index in [4.69, 9.17) is 9.47 Å². The van der Waals surface area contributed by atoms with Gasteiger partial charge in [0.05, 0.1) is 14.2 Å². The summed E-state index contributed by atoms with van der Waals surface area (Å²) in [4.78, 5) is 4.36. The van der Waals surface area contributed by atoms with Crippen molar-refractivity contribution in [1.82, 2.24) is 10.3 Å². The summed E-state index contributed by atoms with van der Waals surface area (Å²) in [5.41, 5.74) is 4.89. The molecular weight excluding hydrogens is 264 g/mol. The van der Waals surface area contributed by atoms with Gasteiger partial charge >= 0.3 is 0 Å². The smallest absolute Gasteiger partial charge is 0.224 e. The summed E-state index contributed by atoms with van der Waals surface area (Å²) in [5, 5.41) is 3.50. The zero-order chi connectivity index (χ0) is 14.8. The summed E-state index contributed by atoms with van der Waals surface area (Å²) in [7, 11) is 3.24. The van der Waals surface area contributed by atoms with Gasteiger partial charge in [-0.25, -0.2) is 0 Å². The van der Waals surface area contributed by atoms with Gasteiger partial charge < -0.3 is 14.8 Å². The van der Waals surface area contributed by atoms with Crippen molar-refractivity contribution in [1.29, 1.82) is 0 Å². The van der Waals surface area contributed by atoms with Gasteiger partial charge in [0.1, 0.15) is 0 Å². The zero-order valence-electron chi connectivity index (χ0n) is 12.6. The van der Waals surface area contributed by atoms with E-state index >= 15 is 0 Å². The van der Waals surface area contributed by atoms with Crippen LogP contribution in [-0.2, 0) is 6.42 Å². The summed E-state index contributed by atoms with van der Waals surface area (Å²) in [6, 6.07) is 10.8. The number of pyridine rings is 1. The lowest BCUT2D eigenvalue weighted by atomic mass is 9.92. The molecule has 1 unspecified atom stereocenters. The molecular formula is C17H20N2O2. The molecule has 0 amide bonds. The first kappa shape index (κ1) is 13.9. The Bertz CT molecular complexity index is 655. The SMILES string of the molecule is COc1ccc(-c2ccc3c(c2)C(C)NCC3)c(OC)n1. The molecule has 1 aliphatic heterocycles. The molecule has 0 saturated carbocycles. The molecule has 0 radical (unpaired) electrons. The fourth-order valence-electron chi connectivity index (χ4n) is 2.84. The maximum atomic E-state index is 5.41. The van der Waals surface area contributed by atoms with E-state index in [9.17, 15) is 0 Å². The molecule has 0 bridgehead atoms. The van der Waals surface area contributed by atoms with Crippen LogP contribution in [0.3, 0.4) is 0 Å². The minimum absolute atomic E-state index is 0.380. The predicted octanol–water partition coefficient (Wildman–Crippen LogP) is 2.97. The fraction of sp³-hybridized carbons (Fsp3) is 0.353. The molecule has 4 heteroatoms. The number of hydrogen-bond donors (Lipinski definition) is 1. The van der Waals surface area contributed by atoms with Gasteiger partial charge in [0, 0.05) is 17.7 Å². The number of fused-ring (bicyclic) bond motifs is 1. The number of ether oxygens (including phenoxy) is 2. The van der Waals surface area contributed by atoms with Crippen molar-refractivity contribution in [2.45, 2.75) is 19.4 Å². The quantitative estimate of drug-likeness (QED) is 0.941. The lowest BCUT2D eigenvalue weighted by Gasteiger charge is -2.24. The van der Waals surface area contributed by atoms with Crippen molar-refractivity contribution in [3.05, 3.63) is 41.5 Å². The van der Waals surface area contributed by atoms with Crippen molar-refractivity contribution >= 4 is 0 Å². The zero-order valence-corrected chi connectivity index (χ0v) is 12.6. The molecule has 0 spiro atoms. The van der Waals surface area contributed by atoms with E-state index in [1.165, 1.54) is 11.1 Å². The number of nitrogens with zero attached hydrogens (tertiary/aromatic N) is 1. The van der Waals surface area contributed by atoms with E-state index in [1.807, 2.05) is 12.1 Å². The third-order valence-corrected chi connectivity index (χ3v) is 4.01. The summed E-state index contributed by atoms with van der Waals surface area (Å²) in [6.07, 6.45) is 1.08. The molecule has 1 aromatic heterocycles. The summed E-state index contributed by atoms with van der Waals surface area (Å²) < 4.78 is 10.6. The van der Waals surface area contributed by atoms with Gasteiger partial charge in [0.25, 0.3) is 0 Å². The molecule has 1 aromatic carbocycles. The highest BCUT2D eigenvalue weighted by Crippen LogP contribution is 2.33. The Morgan fingerprint density at radius 2 is 2.00 bits per heavy atom. The molecule has 4 nitrogen and oxygen atoms in total. The highest BCUT2D eigenvalue weighted by molar-refractivity contribution is 5.70. The van der Waals surface area contributed by atoms with E-state index in [0.29, 0.717) is 17.8 Å². The Morgan fingerprint density at radius 1 is 1.14 bits per heavy atom. The Balaban J connectivity index is 2.06. The minimum Gasteiger partial charge on any atom is -0.481 e. The van der Waals surface area contributed by atoms with Crippen LogP contribution >= 0.6 is 0 Å². The van der Waals surface area contributed by atoms with E-state index in [2.05, 4.69) is 35.4 Å². The minimum atomic E-state index is 0.380. The van der Waals surface area contributed by atoms with Crippen LogP contribution in [0.1, 0.15) is 24.1 Å². The van der Waals surface area contributed by atoms with E-state index in [-0.39, 0.29) is 0 Å². The van der Waals surface area contributed by atoms with Gasteiger partial charge in [-0.3, -0.25) is 0 Å². The number of nitrogens with one attached hydrogen (secondary N) is 1. The van der Waals surface area contributed by atoms with E-state index in [1.54, 1.807) is 14.2 Å². The Hall–Kier alpha value is -2.07. The molecule has 0 aliphatic carbocycles. The largest absolute Gasteiger partial charge is 0.481 e. The van der Waals surface area contributed by atoms with Crippen molar-refractivity contribution in [3.63, 3.8) is 0 Å². The standard InChI is InChI=1S/C17H20N2O2/c1-11-15-10-13(5-4-12(15)8-9-18-11)14-6-7-16(20-2)19-17(14)21-3/h4-7,10-11,18H,8-9H2,1-3H3. The third-order valence-electron chi connectivity index (χ3n) is 4.01. The second-order valence-corrected chi connectivity index (χ2v) is 5.25. The van der Waals surface area contributed by atoms with Crippen molar-refractivity contribution in [3.8, 4) is 22.9 Å². The third kappa shape index (κ3) is 2.59.